The number of ether oxygens (including phenoxy) is 1. The fraction of sp³-hybridized carbons (Fsp3) is 0.625. The van der Waals surface area contributed by atoms with E-state index in [0.29, 0.717) is 0 Å². The molecule has 0 aromatic carbocycles. The van der Waals surface area contributed by atoms with E-state index in [1.54, 1.807) is 0 Å². The lowest BCUT2D eigenvalue weighted by Crippen LogP contribution is -2.45. The van der Waals surface area contributed by atoms with E-state index in [1.807, 2.05) is 0 Å². The van der Waals surface area contributed by atoms with Crippen LogP contribution in [0.4, 0.5) is 26.3 Å². The molecule has 0 aromatic rings. The third-order valence-electron chi connectivity index (χ3n) is 1.68. The molecule has 94 valence electrons. The molecule has 0 saturated heterocycles. The SMILES string of the molecule is C=C(C(=O)OC)C(F)C(F)(F)C(F)C(F)F. The predicted molar refractivity (Wildman–Crippen MR) is 41.9 cm³/mol. The summed E-state index contributed by atoms with van der Waals surface area (Å²) in [5.74, 6) is -6.60. The van der Waals surface area contributed by atoms with Crippen molar-refractivity contribution in [3.63, 3.8) is 0 Å². The molecule has 0 aromatic heterocycles. The number of hydrogen-bond acceptors (Lipinski definition) is 2. The molecule has 0 rings (SSSR count). The average molecular weight is 250 g/mol. The molecule has 0 aliphatic carbocycles. The Labute approximate surface area is 86.9 Å². The highest BCUT2D eigenvalue weighted by Gasteiger charge is 2.55. The largest absolute Gasteiger partial charge is 0.466 e. The number of rotatable bonds is 5. The van der Waals surface area contributed by atoms with Gasteiger partial charge in [0.2, 0.25) is 6.17 Å². The van der Waals surface area contributed by atoms with E-state index >= 15 is 0 Å². The molecule has 0 amide bonds. The van der Waals surface area contributed by atoms with Crippen LogP contribution in [0.25, 0.3) is 0 Å². The third-order valence-corrected chi connectivity index (χ3v) is 1.68. The van der Waals surface area contributed by atoms with Crippen molar-refractivity contribution in [2.75, 3.05) is 7.11 Å². The number of methoxy groups -OCH3 is 1. The molecule has 2 atom stereocenters. The van der Waals surface area contributed by atoms with Crippen LogP contribution in [0.2, 0.25) is 0 Å². The van der Waals surface area contributed by atoms with E-state index in [1.165, 1.54) is 0 Å². The molecule has 0 saturated carbocycles. The molecule has 0 fully saturated rings. The first-order valence-electron chi connectivity index (χ1n) is 3.87. The van der Waals surface area contributed by atoms with Gasteiger partial charge in [-0.15, -0.1) is 0 Å². The van der Waals surface area contributed by atoms with Crippen LogP contribution in [-0.4, -0.2) is 37.8 Å². The van der Waals surface area contributed by atoms with Gasteiger partial charge in [-0.25, -0.2) is 22.4 Å². The van der Waals surface area contributed by atoms with Crippen LogP contribution in [0.5, 0.6) is 0 Å². The lowest BCUT2D eigenvalue weighted by atomic mass is 10.0. The Hall–Kier alpha value is -1.21. The minimum absolute atomic E-state index is 0.748. The molecule has 0 spiro atoms. The summed E-state index contributed by atoms with van der Waals surface area (Å²) in [7, 11) is 0.748. The molecule has 0 aliphatic rings. The Bertz CT molecular complexity index is 278. The van der Waals surface area contributed by atoms with Gasteiger partial charge in [-0.3, -0.25) is 0 Å². The van der Waals surface area contributed by atoms with Crippen LogP contribution in [0.1, 0.15) is 0 Å². The van der Waals surface area contributed by atoms with Gasteiger partial charge in [0.1, 0.15) is 0 Å². The second-order valence-electron chi connectivity index (χ2n) is 2.79. The molecule has 8 heteroatoms. The fourth-order valence-electron chi connectivity index (χ4n) is 0.775. The Morgan fingerprint density at radius 3 is 2.00 bits per heavy atom. The quantitative estimate of drug-likeness (QED) is 0.425. The van der Waals surface area contributed by atoms with Crippen LogP contribution >= 0.6 is 0 Å². The molecule has 0 N–H and O–H groups in total. The molecule has 0 aliphatic heterocycles. The summed E-state index contributed by atoms with van der Waals surface area (Å²) in [5, 5.41) is 0. The van der Waals surface area contributed by atoms with Gasteiger partial charge in [0.05, 0.1) is 12.7 Å². The van der Waals surface area contributed by atoms with Crippen LogP contribution in [0.15, 0.2) is 12.2 Å². The Balaban J connectivity index is 4.89. The maximum absolute atomic E-state index is 12.9. The monoisotopic (exact) mass is 250 g/mol. The average Bonchev–Trinajstić information content (AvgIpc) is 2.24. The maximum atomic E-state index is 12.9. The zero-order valence-electron chi connectivity index (χ0n) is 8.02. The number of alkyl halides is 6. The van der Waals surface area contributed by atoms with E-state index in [0.717, 1.165) is 7.11 Å². The summed E-state index contributed by atoms with van der Waals surface area (Å²) in [6, 6.07) is 0. The van der Waals surface area contributed by atoms with Crippen LogP contribution in [0, 0.1) is 0 Å². The highest BCUT2D eigenvalue weighted by molar-refractivity contribution is 5.89. The highest BCUT2D eigenvalue weighted by Crippen LogP contribution is 2.34. The summed E-state index contributed by atoms with van der Waals surface area (Å²) in [5.41, 5.74) is -1.42. The number of hydrogen-bond donors (Lipinski definition) is 0. The van der Waals surface area contributed by atoms with Crippen LogP contribution in [-0.2, 0) is 9.53 Å². The van der Waals surface area contributed by atoms with Crippen molar-refractivity contribution in [2.45, 2.75) is 24.7 Å². The van der Waals surface area contributed by atoms with E-state index in [4.69, 9.17) is 0 Å². The Kier molecular flexibility index (Phi) is 4.82. The molecular weight excluding hydrogens is 242 g/mol. The van der Waals surface area contributed by atoms with E-state index in [2.05, 4.69) is 11.3 Å². The molecule has 2 nitrogen and oxygen atoms in total. The van der Waals surface area contributed by atoms with Crippen molar-refractivity contribution < 1.29 is 35.9 Å². The van der Waals surface area contributed by atoms with E-state index < -0.39 is 36.2 Å². The molecule has 0 radical (unpaired) electrons. The van der Waals surface area contributed by atoms with Gasteiger partial charge in [-0.05, 0) is 0 Å². The van der Waals surface area contributed by atoms with E-state index in [-0.39, 0.29) is 0 Å². The normalized spacial score (nSPS) is 15.8. The van der Waals surface area contributed by atoms with Gasteiger partial charge in [-0.1, -0.05) is 6.58 Å². The second kappa shape index (κ2) is 5.22. The molecule has 16 heavy (non-hydrogen) atoms. The first kappa shape index (κ1) is 14.8. The van der Waals surface area contributed by atoms with Crippen LogP contribution in [0.3, 0.4) is 0 Å². The summed E-state index contributed by atoms with van der Waals surface area (Å²) >= 11 is 0. The van der Waals surface area contributed by atoms with Crippen molar-refractivity contribution >= 4 is 5.97 Å². The van der Waals surface area contributed by atoms with Gasteiger partial charge in [0.15, 0.2) is 6.17 Å². The maximum Gasteiger partial charge on any atom is 0.336 e. The minimum atomic E-state index is -5.04. The topological polar surface area (TPSA) is 26.3 Å². The van der Waals surface area contributed by atoms with Gasteiger partial charge in [0, 0.05) is 0 Å². The highest BCUT2D eigenvalue weighted by atomic mass is 19.3. The zero-order chi connectivity index (χ0) is 13.1. The second-order valence-corrected chi connectivity index (χ2v) is 2.79. The van der Waals surface area contributed by atoms with Crippen molar-refractivity contribution in [1.29, 1.82) is 0 Å². The number of carbonyl (C=O) groups is 1. The van der Waals surface area contributed by atoms with Crippen molar-refractivity contribution in [3.05, 3.63) is 12.2 Å². The van der Waals surface area contributed by atoms with Gasteiger partial charge in [-0.2, -0.15) is 8.78 Å². The first-order chi connectivity index (χ1) is 7.16. The number of halogens is 6. The van der Waals surface area contributed by atoms with Crippen molar-refractivity contribution in [3.8, 4) is 0 Å². The molecule has 0 heterocycles. The van der Waals surface area contributed by atoms with Gasteiger partial charge >= 0.3 is 11.9 Å². The molecule has 2 unspecified atom stereocenters. The minimum Gasteiger partial charge on any atom is -0.466 e. The fourth-order valence-corrected chi connectivity index (χ4v) is 0.775. The smallest absolute Gasteiger partial charge is 0.336 e. The Morgan fingerprint density at radius 2 is 1.69 bits per heavy atom. The lowest BCUT2D eigenvalue weighted by molar-refractivity contribution is -0.163. The summed E-state index contributed by atoms with van der Waals surface area (Å²) in [4.78, 5) is 10.6. The third kappa shape index (κ3) is 2.89. The predicted octanol–water partition coefficient (Wildman–Crippen LogP) is 2.29. The standard InChI is InChI=1S/C8H8F6O2/c1-3(7(15)16-2)4(9)8(13,14)5(10)6(11)12/h4-6H,1H2,2H3. The van der Waals surface area contributed by atoms with Gasteiger partial charge < -0.3 is 4.74 Å². The zero-order valence-corrected chi connectivity index (χ0v) is 8.02. The van der Waals surface area contributed by atoms with E-state index in [9.17, 15) is 31.1 Å². The van der Waals surface area contributed by atoms with Crippen molar-refractivity contribution in [1.82, 2.24) is 0 Å². The summed E-state index contributed by atoms with van der Waals surface area (Å²) < 4.78 is 77.8. The number of carbonyl (C=O) groups excluding carboxylic acids is 1. The summed E-state index contributed by atoms with van der Waals surface area (Å²) in [6.45, 7) is 2.59. The van der Waals surface area contributed by atoms with Crippen LogP contribution < -0.4 is 0 Å². The summed E-state index contributed by atoms with van der Waals surface area (Å²) in [6.07, 6.45) is -11.7. The number of esters is 1. The molecular formula is C8H8F6O2. The molecule has 0 bridgehead atoms. The lowest BCUT2D eigenvalue weighted by Gasteiger charge is -2.23. The van der Waals surface area contributed by atoms with Crippen molar-refractivity contribution in [2.24, 2.45) is 0 Å². The first-order valence-corrected chi connectivity index (χ1v) is 3.87. The van der Waals surface area contributed by atoms with Gasteiger partial charge in [0.25, 0.3) is 6.43 Å². The Morgan fingerprint density at radius 1 is 1.25 bits per heavy atom.